The Morgan fingerprint density at radius 1 is 1.00 bits per heavy atom. The number of nitrogens with one attached hydrogen (secondary N) is 1. The molecule has 0 saturated carbocycles. The minimum absolute atomic E-state index is 0.0316. The molecule has 3 aromatic rings. The summed E-state index contributed by atoms with van der Waals surface area (Å²) in [7, 11) is 2.73. The summed E-state index contributed by atoms with van der Waals surface area (Å²) in [6.45, 7) is -0.174. The Hall–Kier alpha value is -4.58. The van der Waals surface area contributed by atoms with E-state index in [1.54, 1.807) is 6.07 Å². The lowest BCUT2D eigenvalue weighted by molar-refractivity contribution is -0.144. The van der Waals surface area contributed by atoms with Gasteiger partial charge in [-0.05, 0) is 17.2 Å². The van der Waals surface area contributed by atoms with Crippen LogP contribution in [0.2, 0.25) is 0 Å². The molecule has 0 saturated heterocycles. The van der Waals surface area contributed by atoms with E-state index in [-0.39, 0.29) is 30.9 Å². The van der Waals surface area contributed by atoms with Gasteiger partial charge in [-0.3, -0.25) is 4.79 Å². The van der Waals surface area contributed by atoms with Crippen molar-refractivity contribution in [3.63, 3.8) is 0 Å². The number of carbonyl (C=O) groups excluding carboxylic acids is 2. The highest BCUT2D eigenvalue weighted by Gasteiger charge is 2.29. The van der Waals surface area contributed by atoms with E-state index in [1.165, 1.54) is 26.3 Å². The quantitative estimate of drug-likeness (QED) is 0.262. The van der Waals surface area contributed by atoms with Crippen molar-refractivity contribution in [3.05, 3.63) is 101 Å². The van der Waals surface area contributed by atoms with E-state index in [1.807, 2.05) is 66.9 Å². The SMILES string of the molecule is COc1cccc(CN(C#N)N(C)C(=O)[C@H](Cc2ccccc2)NC(=O)OCc2ccccc2)c1F. The lowest BCUT2D eigenvalue weighted by atomic mass is 10.1. The van der Waals surface area contributed by atoms with Crippen molar-refractivity contribution in [2.75, 3.05) is 14.2 Å². The van der Waals surface area contributed by atoms with Crippen LogP contribution in [0.3, 0.4) is 0 Å². The van der Waals surface area contributed by atoms with Gasteiger partial charge >= 0.3 is 6.09 Å². The highest BCUT2D eigenvalue weighted by atomic mass is 19.1. The van der Waals surface area contributed by atoms with Crippen molar-refractivity contribution in [1.29, 1.82) is 5.26 Å². The predicted octanol–water partition coefficient (Wildman–Crippen LogP) is 4.03. The maximum atomic E-state index is 14.6. The van der Waals surface area contributed by atoms with Crippen molar-refractivity contribution in [1.82, 2.24) is 15.3 Å². The standard InChI is InChI=1S/C27H27FN4O4/c1-31(32(19-29)17-22-14-9-15-24(35-2)25(22)28)26(33)23(16-20-10-5-3-6-11-20)30-27(34)36-18-21-12-7-4-8-13-21/h3-15,23H,16-18H2,1-2H3,(H,30,34)/t23-/m0/s1. The number of amides is 2. The summed E-state index contributed by atoms with van der Waals surface area (Å²) in [4.78, 5) is 25.9. The van der Waals surface area contributed by atoms with E-state index in [0.29, 0.717) is 0 Å². The Morgan fingerprint density at radius 2 is 1.64 bits per heavy atom. The molecule has 1 N–H and O–H groups in total. The van der Waals surface area contributed by atoms with Crippen molar-refractivity contribution >= 4 is 12.0 Å². The highest BCUT2D eigenvalue weighted by Crippen LogP contribution is 2.21. The molecule has 186 valence electrons. The van der Waals surface area contributed by atoms with Gasteiger partial charge in [-0.25, -0.2) is 19.2 Å². The molecule has 0 aliphatic carbocycles. The first kappa shape index (κ1) is 26.0. The molecule has 0 aromatic heterocycles. The molecule has 1 atom stereocenters. The molecule has 0 unspecified atom stereocenters. The molecule has 3 rings (SSSR count). The van der Waals surface area contributed by atoms with Crippen LogP contribution in [0.4, 0.5) is 9.18 Å². The van der Waals surface area contributed by atoms with E-state index < -0.39 is 23.9 Å². The second kappa shape index (κ2) is 12.8. The number of nitrogens with zero attached hydrogens (tertiary/aromatic N) is 3. The maximum Gasteiger partial charge on any atom is 0.408 e. The Morgan fingerprint density at radius 3 is 2.25 bits per heavy atom. The van der Waals surface area contributed by atoms with Crippen LogP contribution in [-0.2, 0) is 29.1 Å². The van der Waals surface area contributed by atoms with Gasteiger partial charge in [0.15, 0.2) is 17.8 Å². The van der Waals surface area contributed by atoms with Crippen LogP contribution in [0.1, 0.15) is 16.7 Å². The molecule has 36 heavy (non-hydrogen) atoms. The molecule has 3 aromatic carbocycles. The summed E-state index contributed by atoms with van der Waals surface area (Å²) < 4.78 is 24.9. The third-order valence-corrected chi connectivity index (χ3v) is 5.47. The zero-order chi connectivity index (χ0) is 25.9. The number of methoxy groups -OCH3 is 1. The fourth-order valence-corrected chi connectivity index (χ4v) is 3.51. The van der Waals surface area contributed by atoms with Gasteiger partial charge in [-0.2, -0.15) is 5.26 Å². The molecule has 0 heterocycles. The van der Waals surface area contributed by atoms with E-state index in [4.69, 9.17) is 9.47 Å². The Bertz CT molecular complexity index is 1200. The number of rotatable bonds is 10. The summed E-state index contributed by atoms with van der Waals surface area (Å²) in [6, 6.07) is 21.8. The maximum absolute atomic E-state index is 14.6. The largest absolute Gasteiger partial charge is 0.494 e. The molecule has 0 radical (unpaired) electrons. The van der Waals surface area contributed by atoms with Crippen molar-refractivity contribution < 1.29 is 23.5 Å². The molecule has 0 aliphatic heterocycles. The number of hydrazine groups is 1. The minimum atomic E-state index is -1.04. The summed E-state index contributed by atoms with van der Waals surface area (Å²) in [5.41, 5.74) is 1.77. The highest BCUT2D eigenvalue weighted by molar-refractivity contribution is 5.85. The fourth-order valence-electron chi connectivity index (χ4n) is 3.51. The molecule has 9 heteroatoms. The lowest BCUT2D eigenvalue weighted by Crippen LogP contribution is -2.52. The number of hydrogen-bond acceptors (Lipinski definition) is 6. The molecule has 8 nitrogen and oxygen atoms in total. The number of ether oxygens (including phenoxy) is 2. The molecular weight excluding hydrogens is 463 g/mol. The van der Waals surface area contributed by atoms with E-state index in [2.05, 4.69) is 5.32 Å². The number of alkyl carbamates (subject to hydrolysis) is 1. The molecule has 0 bridgehead atoms. The van der Waals surface area contributed by atoms with Gasteiger partial charge in [-0.1, -0.05) is 72.8 Å². The second-order valence-corrected chi connectivity index (χ2v) is 7.90. The topological polar surface area (TPSA) is 94.9 Å². The lowest BCUT2D eigenvalue weighted by Gasteiger charge is -2.30. The van der Waals surface area contributed by atoms with E-state index >= 15 is 0 Å². The molecule has 0 aliphatic rings. The molecule has 0 spiro atoms. The smallest absolute Gasteiger partial charge is 0.408 e. The Labute approximate surface area is 209 Å². The molecular formula is C27H27FN4O4. The van der Waals surface area contributed by atoms with E-state index in [9.17, 15) is 19.2 Å². The van der Waals surface area contributed by atoms with Gasteiger partial charge in [-0.15, -0.1) is 0 Å². The second-order valence-electron chi connectivity index (χ2n) is 7.90. The van der Waals surface area contributed by atoms with Crippen LogP contribution >= 0.6 is 0 Å². The van der Waals surface area contributed by atoms with Crippen LogP contribution in [0.15, 0.2) is 78.9 Å². The van der Waals surface area contributed by atoms with E-state index in [0.717, 1.165) is 21.1 Å². The van der Waals surface area contributed by atoms with Gasteiger partial charge < -0.3 is 14.8 Å². The van der Waals surface area contributed by atoms with Crippen molar-refractivity contribution in [3.8, 4) is 11.9 Å². The van der Waals surface area contributed by atoms with Crippen LogP contribution in [-0.4, -0.2) is 42.2 Å². The Kier molecular flexibility index (Phi) is 9.23. The summed E-state index contributed by atoms with van der Waals surface area (Å²) >= 11 is 0. The molecule has 0 fully saturated rings. The van der Waals surface area contributed by atoms with Gasteiger partial charge in [0.05, 0.1) is 13.7 Å². The first-order chi connectivity index (χ1) is 17.4. The number of nitriles is 1. The van der Waals surface area contributed by atoms with Gasteiger partial charge in [0, 0.05) is 19.0 Å². The number of carbonyl (C=O) groups is 2. The third kappa shape index (κ3) is 6.96. The van der Waals surface area contributed by atoms with Crippen molar-refractivity contribution in [2.45, 2.75) is 25.6 Å². The van der Waals surface area contributed by atoms with Crippen LogP contribution in [0.25, 0.3) is 0 Å². The third-order valence-electron chi connectivity index (χ3n) is 5.47. The first-order valence-electron chi connectivity index (χ1n) is 11.2. The number of benzene rings is 3. The predicted molar refractivity (Wildman–Crippen MR) is 131 cm³/mol. The zero-order valence-electron chi connectivity index (χ0n) is 20.1. The van der Waals surface area contributed by atoms with Crippen molar-refractivity contribution in [2.24, 2.45) is 0 Å². The average molecular weight is 491 g/mol. The zero-order valence-corrected chi connectivity index (χ0v) is 20.1. The normalized spacial score (nSPS) is 11.1. The van der Waals surface area contributed by atoms with Crippen LogP contribution in [0, 0.1) is 17.3 Å². The van der Waals surface area contributed by atoms with Gasteiger partial charge in [0.2, 0.25) is 0 Å². The summed E-state index contributed by atoms with van der Waals surface area (Å²) in [5.74, 6) is -1.16. The van der Waals surface area contributed by atoms with Gasteiger partial charge in [0.25, 0.3) is 5.91 Å². The fraction of sp³-hybridized carbons (Fsp3) is 0.222. The van der Waals surface area contributed by atoms with Crippen LogP contribution < -0.4 is 10.1 Å². The first-order valence-corrected chi connectivity index (χ1v) is 11.2. The van der Waals surface area contributed by atoms with Gasteiger partial charge in [0.1, 0.15) is 12.6 Å². The van der Waals surface area contributed by atoms with Crippen LogP contribution in [0.5, 0.6) is 5.75 Å². The number of likely N-dealkylation sites (N-methyl/N-ethyl adjacent to an activating group) is 1. The average Bonchev–Trinajstić information content (AvgIpc) is 2.91. The molecule has 2 amide bonds. The number of hydrogen-bond donors (Lipinski definition) is 1. The minimum Gasteiger partial charge on any atom is -0.494 e. The Balaban J connectivity index is 1.75. The monoisotopic (exact) mass is 490 g/mol. The number of halogens is 1. The summed E-state index contributed by atoms with van der Waals surface area (Å²) in [5, 5.41) is 14.4. The summed E-state index contributed by atoms with van der Waals surface area (Å²) in [6.07, 6.45) is 1.29.